The lowest BCUT2D eigenvalue weighted by atomic mass is 9.86. The fourth-order valence-electron chi connectivity index (χ4n) is 0.933. The maximum absolute atomic E-state index is 11.3. The lowest BCUT2D eigenvalue weighted by Gasteiger charge is -2.22. The van der Waals surface area contributed by atoms with Crippen LogP contribution in [0.2, 0.25) is 0 Å². The minimum Gasteiger partial charge on any atom is -0.354 e. The van der Waals surface area contributed by atoms with E-state index >= 15 is 0 Å². The van der Waals surface area contributed by atoms with E-state index in [4.69, 9.17) is 0 Å². The number of carbonyl (C=O) groups excluding carboxylic acids is 1. The minimum atomic E-state index is 0.138. The molecular formula is C10H21NO. The van der Waals surface area contributed by atoms with Gasteiger partial charge in [0.05, 0.1) is 0 Å². The van der Waals surface area contributed by atoms with E-state index in [1.165, 1.54) is 0 Å². The highest BCUT2D eigenvalue weighted by molar-refractivity contribution is 5.76. The molecule has 0 saturated carbocycles. The summed E-state index contributed by atoms with van der Waals surface area (Å²) in [7, 11) is 0. The summed E-state index contributed by atoms with van der Waals surface area (Å²) in [5, 5.41) is 2.89. The van der Waals surface area contributed by atoms with Gasteiger partial charge in [-0.05, 0) is 19.3 Å². The van der Waals surface area contributed by atoms with E-state index in [-0.39, 0.29) is 17.4 Å². The van der Waals surface area contributed by atoms with Gasteiger partial charge in [-0.3, -0.25) is 4.79 Å². The summed E-state index contributed by atoms with van der Waals surface area (Å²) in [6, 6.07) is 0.255. The number of hydrogen-bond acceptors (Lipinski definition) is 1. The van der Waals surface area contributed by atoms with Gasteiger partial charge in [-0.1, -0.05) is 27.2 Å². The Kier molecular flexibility index (Phi) is 4.29. The fraction of sp³-hybridized carbons (Fsp3) is 0.900. The number of nitrogens with one attached hydrogen (secondary N) is 1. The van der Waals surface area contributed by atoms with E-state index in [1.54, 1.807) is 0 Å². The number of hydrogen-bond donors (Lipinski definition) is 1. The van der Waals surface area contributed by atoms with Gasteiger partial charge in [-0.25, -0.2) is 0 Å². The maximum atomic E-state index is 11.3. The van der Waals surface area contributed by atoms with Gasteiger partial charge in [-0.15, -0.1) is 0 Å². The van der Waals surface area contributed by atoms with Crippen LogP contribution in [0.15, 0.2) is 0 Å². The highest BCUT2D eigenvalue weighted by Gasteiger charge is 2.19. The second-order valence-electron chi connectivity index (χ2n) is 4.42. The molecule has 0 aromatic rings. The first-order valence-electron chi connectivity index (χ1n) is 4.67. The lowest BCUT2D eigenvalue weighted by molar-refractivity contribution is -0.123. The molecule has 0 spiro atoms. The van der Waals surface area contributed by atoms with Crippen LogP contribution in [0.4, 0.5) is 0 Å². The minimum absolute atomic E-state index is 0.138. The van der Waals surface area contributed by atoms with E-state index < -0.39 is 0 Å². The standard InChI is InChI=1S/C10H21NO/c1-6-10(4,5)7-9(12)11-8(2)3/h8H,6-7H2,1-5H3,(H,11,12). The molecule has 1 N–H and O–H groups in total. The summed E-state index contributed by atoms with van der Waals surface area (Å²) in [6.07, 6.45) is 1.67. The van der Waals surface area contributed by atoms with Crippen LogP contribution in [0.3, 0.4) is 0 Å². The molecule has 72 valence electrons. The quantitative estimate of drug-likeness (QED) is 0.691. The summed E-state index contributed by atoms with van der Waals surface area (Å²) in [5.41, 5.74) is 0.138. The van der Waals surface area contributed by atoms with Gasteiger partial charge in [0.15, 0.2) is 0 Å². The first-order valence-corrected chi connectivity index (χ1v) is 4.67. The van der Waals surface area contributed by atoms with E-state index in [0.717, 1.165) is 6.42 Å². The van der Waals surface area contributed by atoms with Crippen LogP contribution in [-0.4, -0.2) is 11.9 Å². The first kappa shape index (κ1) is 11.5. The molecule has 0 aliphatic rings. The van der Waals surface area contributed by atoms with Crippen LogP contribution >= 0.6 is 0 Å². The highest BCUT2D eigenvalue weighted by Crippen LogP contribution is 2.23. The third-order valence-electron chi connectivity index (χ3n) is 2.05. The van der Waals surface area contributed by atoms with Crippen molar-refractivity contribution in [3.63, 3.8) is 0 Å². The Morgan fingerprint density at radius 1 is 1.42 bits per heavy atom. The highest BCUT2D eigenvalue weighted by atomic mass is 16.1. The summed E-state index contributed by atoms with van der Waals surface area (Å²) in [5.74, 6) is 0.164. The van der Waals surface area contributed by atoms with Gasteiger partial charge in [0.25, 0.3) is 0 Å². The van der Waals surface area contributed by atoms with Crippen molar-refractivity contribution in [2.45, 2.75) is 53.5 Å². The van der Waals surface area contributed by atoms with Crippen molar-refractivity contribution in [3.8, 4) is 0 Å². The van der Waals surface area contributed by atoms with Crippen molar-refractivity contribution >= 4 is 5.91 Å². The number of carbonyl (C=O) groups is 1. The summed E-state index contributed by atoms with van der Waals surface area (Å²) >= 11 is 0. The van der Waals surface area contributed by atoms with Gasteiger partial charge in [0.1, 0.15) is 0 Å². The van der Waals surface area contributed by atoms with Crippen molar-refractivity contribution in [1.29, 1.82) is 0 Å². The lowest BCUT2D eigenvalue weighted by Crippen LogP contribution is -2.33. The molecule has 0 rings (SSSR count). The predicted molar refractivity (Wildman–Crippen MR) is 52.0 cm³/mol. The molecule has 0 unspecified atom stereocenters. The van der Waals surface area contributed by atoms with Gasteiger partial charge in [-0.2, -0.15) is 0 Å². The third kappa shape index (κ3) is 5.16. The molecule has 0 aliphatic carbocycles. The van der Waals surface area contributed by atoms with E-state index in [0.29, 0.717) is 6.42 Å². The normalized spacial score (nSPS) is 11.8. The zero-order valence-electron chi connectivity index (χ0n) is 8.90. The molecular weight excluding hydrogens is 150 g/mol. The average Bonchev–Trinajstić information content (AvgIpc) is 1.84. The van der Waals surface area contributed by atoms with Gasteiger partial charge in [0.2, 0.25) is 5.91 Å². The van der Waals surface area contributed by atoms with Gasteiger partial charge < -0.3 is 5.32 Å². The summed E-state index contributed by atoms with van der Waals surface area (Å²) < 4.78 is 0. The maximum Gasteiger partial charge on any atom is 0.220 e. The Bertz CT molecular complexity index is 150. The van der Waals surface area contributed by atoms with Crippen molar-refractivity contribution in [2.75, 3.05) is 0 Å². The monoisotopic (exact) mass is 171 g/mol. The second kappa shape index (κ2) is 4.48. The molecule has 0 radical (unpaired) electrons. The first-order chi connectivity index (χ1) is 5.37. The Morgan fingerprint density at radius 2 is 1.92 bits per heavy atom. The van der Waals surface area contributed by atoms with Crippen LogP contribution in [0, 0.1) is 5.41 Å². The van der Waals surface area contributed by atoms with Crippen molar-refractivity contribution in [3.05, 3.63) is 0 Å². The Morgan fingerprint density at radius 3 is 2.25 bits per heavy atom. The molecule has 1 amide bonds. The second-order valence-corrected chi connectivity index (χ2v) is 4.42. The Labute approximate surface area is 75.7 Å². The van der Waals surface area contributed by atoms with E-state index in [9.17, 15) is 4.79 Å². The van der Waals surface area contributed by atoms with Crippen LogP contribution in [0.25, 0.3) is 0 Å². The SMILES string of the molecule is CCC(C)(C)CC(=O)NC(C)C. The topological polar surface area (TPSA) is 29.1 Å². The van der Waals surface area contributed by atoms with Gasteiger partial charge in [0, 0.05) is 12.5 Å². The zero-order valence-corrected chi connectivity index (χ0v) is 8.90. The zero-order chi connectivity index (χ0) is 9.78. The number of amides is 1. The molecule has 2 heteroatoms. The molecule has 0 aliphatic heterocycles. The Balaban J connectivity index is 3.84. The molecule has 0 saturated heterocycles. The van der Waals surface area contributed by atoms with Crippen molar-refractivity contribution in [2.24, 2.45) is 5.41 Å². The molecule has 0 aromatic carbocycles. The molecule has 0 heterocycles. The molecule has 0 fully saturated rings. The summed E-state index contributed by atoms with van der Waals surface area (Å²) in [4.78, 5) is 11.3. The number of rotatable bonds is 4. The van der Waals surface area contributed by atoms with Crippen LogP contribution < -0.4 is 5.32 Å². The summed E-state index contributed by atoms with van der Waals surface area (Å²) in [6.45, 7) is 10.3. The van der Waals surface area contributed by atoms with Gasteiger partial charge >= 0.3 is 0 Å². The largest absolute Gasteiger partial charge is 0.354 e. The average molecular weight is 171 g/mol. The van der Waals surface area contributed by atoms with E-state index in [2.05, 4.69) is 26.1 Å². The third-order valence-corrected chi connectivity index (χ3v) is 2.05. The molecule has 0 atom stereocenters. The molecule has 2 nitrogen and oxygen atoms in total. The molecule has 0 bridgehead atoms. The predicted octanol–water partition coefficient (Wildman–Crippen LogP) is 2.34. The van der Waals surface area contributed by atoms with Crippen LogP contribution in [0.1, 0.15) is 47.5 Å². The van der Waals surface area contributed by atoms with E-state index in [1.807, 2.05) is 13.8 Å². The van der Waals surface area contributed by atoms with Crippen molar-refractivity contribution in [1.82, 2.24) is 5.32 Å². The van der Waals surface area contributed by atoms with Crippen LogP contribution in [-0.2, 0) is 4.79 Å². The molecule has 12 heavy (non-hydrogen) atoms. The fourth-order valence-corrected chi connectivity index (χ4v) is 0.933. The van der Waals surface area contributed by atoms with Crippen molar-refractivity contribution < 1.29 is 4.79 Å². The van der Waals surface area contributed by atoms with Crippen LogP contribution in [0.5, 0.6) is 0 Å². The smallest absolute Gasteiger partial charge is 0.220 e. The Hall–Kier alpha value is -0.530. The molecule has 0 aromatic heterocycles.